The van der Waals surface area contributed by atoms with Crippen LogP contribution in [0.2, 0.25) is 0 Å². The van der Waals surface area contributed by atoms with Crippen LogP contribution in [0.15, 0.2) is 17.5 Å². The van der Waals surface area contributed by atoms with Crippen molar-refractivity contribution in [2.75, 3.05) is 6.79 Å². The third-order valence-corrected chi connectivity index (χ3v) is 10.2. The maximum absolute atomic E-state index is 11.6. The predicted molar refractivity (Wildman–Crippen MR) is 153 cm³/mol. The second kappa shape index (κ2) is 16.2. The average molecular weight is 660 g/mol. The van der Waals surface area contributed by atoms with E-state index in [1.165, 1.54) is 18.3 Å². The van der Waals surface area contributed by atoms with E-state index in [1.54, 1.807) is 17.5 Å². The number of nitrogens with zero attached hydrogens (tertiary/aromatic N) is 1. The fraction of sp³-hybridized carbons (Fsp3) is 0.750. The molecule has 0 unspecified atom stereocenters. The Kier molecular flexibility index (Phi) is 14.8. The highest BCUT2D eigenvalue weighted by Gasteiger charge is 2.41. The number of thiazole rings is 1. The Morgan fingerprint density at radius 3 is 2.43 bits per heavy atom. The lowest BCUT2D eigenvalue weighted by atomic mass is 9.89. The van der Waals surface area contributed by atoms with Gasteiger partial charge >= 0.3 is 0 Å². The molecular formula is C24H33Cl6NO5S. The Bertz CT molecular complexity index is 878. The van der Waals surface area contributed by atoms with Crippen LogP contribution in [0.5, 0.6) is 0 Å². The van der Waals surface area contributed by atoms with Gasteiger partial charge in [-0.1, -0.05) is 26.0 Å². The number of aliphatic hydroxyl groups excluding tert-OH is 2. The van der Waals surface area contributed by atoms with E-state index >= 15 is 0 Å². The monoisotopic (exact) mass is 657 g/mol. The predicted octanol–water partition coefficient (Wildman–Crippen LogP) is 6.51. The van der Waals surface area contributed by atoms with Gasteiger partial charge in [0.2, 0.25) is 0 Å². The average Bonchev–Trinajstić information content (AvgIpc) is 3.37. The summed E-state index contributed by atoms with van der Waals surface area (Å²) in [5, 5.41) is 19.8. The summed E-state index contributed by atoms with van der Waals surface area (Å²) in [6.07, 6.45) is 1.66. The number of aromatic nitrogens is 1. The van der Waals surface area contributed by atoms with Crippen LogP contribution in [0.1, 0.15) is 61.6 Å². The van der Waals surface area contributed by atoms with Crippen LogP contribution < -0.4 is 0 Å². The first-order valence-electron chi connectivity index (χ1n) is 12.0. The van der Waals surface area contributed by atoms with Crippen LogP contribution in [0.3, 0.4) is 0 Å². The van der Waals surface area contributed by atoms with Gasteiger partial charge in [0.1, 0.15) is 23.6 Å². The van der Waals surface area contributed by atoms with E-state index in [9.17, 15) is 15.0 Å². The third-order valence-electron chi connectivity index (χ3n) is 6.28. The molecule has 0 aromatic carbocycles. The zero-order valence-corrected chi connectivity index (χ0v) is 26.0. The highest BCUT2D eigenvalue weighted by molar-refractivity contribution is 7.09. The van der Waals surface area contributed by atoms with Crippen molar-refractivity contribution in [2.45, 2.75) is 96.7 Å². The number of aliphatic hydroxyl groups is 2. The number of hydrogen-bond donors (Lipinski definition) is 2. The summed E-state index contributed by atoms with van der Waals surface area (Å²) in [5.41, 5.74) is 0.297. The van der Waals surface area contributed by atoms with E-state index < -0.39 is 45.9 Å². The number of alkyl halides is 6. The Hall–Kier alpha value is 0.620. The Balaban J connectivity index is 1.95. The minimum Gasteiger partial charge on any atom is -0.390 e. The minimum atomic E-state index is -1.19. The van der Waals surface area contributed by atoms with E-state index in [1.807, 2.05) is 13.8 Å². The normalized spacial score (nSPS) is 27.3. The molecule has 13 heteroatoms. The number of ether oxygens (including phenoxy) is 2. The zero-order chi connectivity index (χ0) is 27.9. The van der Waals surface area contributed by atoms with E-state index in [0.717, 1.165) is 6.42 Å². The van der Waals surface area contributed by atoms with Gasteiger partial charge in [0.25, 0.3) is 0 Å². The standard InChI is InChI=1S/C24H33Cl6NO5S/c1-4-13(25)7-14(26)5-6-15(27)21(33)20(30)19(29)16(28)8-18-11(2)23(36-10-35-18)22(34)24-31-17(9-37-24)12(3)32/h5-6,9,11,13-16,18-23,33-34H,4,7-8,10H2,1-3H3/b6-5-/t11-,13+,14+,15+,16+,18-,19-,20+,21+,22-,23+/m0/s1. The van der Waals surface area contributed by atoms with Crippen molar-refractivity contribution in [1.29, 1.82) is 0 Å². The van der Waals surface area contributed by atoms with Crippen molar-refractivity contribution in [2.24, 2.45) is 5.92 Å². The number of halogens is 6. The summed E-state index contributed by atoms with van der Waals surface area (Å²) in [5.74, 6) is -0.461. The highest BCUT2D eigenvalue weighted by Crippen LogP contribution is 2.36. The number of hydrogen-bond acceptors (Lipinski definition) is 7. The first-order valence-corrected chi connectivity index (χ1v) is 15.5. The van der Waals surface area contributed by atoms with Gasteiger partial charge in [-0.15, -0.1) is 80.9 Å². The zero-order valence-electron chi connectivity index (χ0n) is 20.7. The summed E-state index contributed by atoms with van der Waals surface area (Å²) in [6.45, 7) is 5.20. The quantitative estimate of drug-likeness (QED) is 0.135. The van der Waals surface area contributed by atoms with Crippen molar-refractivity contribution in [1.82, 2.24) is 4.98 Å². The molecule has 0 radical (unpaired) electrons. The van der Waals surface area contributed by atoms with Crippen molar-refractivity contribution in [3.05, 3.63) is 28.2 Å². The molecule has 11 atom stereocenters. The summed E-state index contributed by atoms with van der Waals surface area (Å²) in [7, 11) is 0. The first kappa shape index (κ1) is 33.8. The second-order valence-electron chi connectivity index (χ2n) is 9.10. The molecule has 0 saturated carbocycles. The number of rotatable bonds is 14. The Morgan fingerprint density at radius 1 is 1.16 bits per heavy atom. The van der Waals surface area contributed by atoms with Crippen molar-refractivity contribution < 1.29 is 24.5 Å². The van der Waals surface area contributed by atoms with Gasteiger partial charge in [-0.05, 0) is 19.3 Å². The minimum absolute atomic E-state index is 0.0500. The number of ketones is 1. The lowest BCUT2D eigenvalue weighted by Gasteiger charge is -2.39. The number of allylic oxidation sites excluding steroid dienone is 1. The number of carbonyl (C=O) groups is 1. The molecule has 1 aromatic heterocycles. The molecule has 1 aromatic rings. The summed E-state index contributed by atoms with van der Waals surface area (Å²) < 4.78 is 11.4. The van der Waals surface area contributed by atoms with Crippen LogP contribution in [0, 0.1) is 5.92 Å². The third kappa shape index (κ3) is 9.89. The molecule has 1 aliphatic rings. The van der Waals surface area contributed by atoms with Gasteiger partial charge in [-0.2, -0.15) is 0 Å². The summed E-state index contributed by atoms with van der Waals surface area (Å²) in [4.78, 5) is 15.8. The van der Waals surface area contributed by atoms with Crippen LogP contribution in [0.25, 0.3) is 0 Å². The molecule has 2 N–H and O–H groups in total. The maximum Gasteiger partial charge on any atom is 0.178 e. The molecule has 212 valence electrons. The molecule has 1 saturated heterocycles. The molecular weight excluding hydrogens is 627 g/mol. The van der Waals surface area contributed by atoms with Gasteiger partial charge in [0.05, 0.1) is 45.2 Å². The van der Waals surface area contributed by atoms with Crippen LogP contribution in [0.4, 0.5) is 0 Å². The first-order chi connectivity index (χ1) is 17.4. The smallest absolute Gasteiger partial charge is 0.178 e. The van der Waals surface area contributed by atoms with E-state index in [4.69, 9.17) is 79.1 Å². The molecule has 0 spiro atoms. The number of carbonyl (C=O) groups excluding carboxylic acids is 1. The molecule has 37 heavy (non-hydrogen) atoms. The molecule has 0 bridgehead atoms. The lowest BCUT2D eigenvalue weighted by molar-refractivity contribution is -0.230. The topological polar surface area (TPSA) is 88.9 Å². The molecule has 2 rings (SSSR count). The lowest BCUT2D eigenvalue weighted by Crippen LogP contribution is -2.46. The Labute approximate surface area is 252 Å². The maximum atomic E-state index is 11.6. The molecule has 0 aliphatic carbocycles. The van der Waals surface area contributed by atoms with Crippen LogP contribution in [-0.2, 0) is 9.47 Å². The van der Waals surface area contributed by atoms with Crippen molar-refractivity contribution in [3.8, 4) is 0 Å². The van der Waals surface area contributed by atoms with Crippen LogP contribution >= 0.6 is 80.9 Å². The highest BCUT2D eigenvalue weighted by atomic mass is 35.5. The molecule has 6 nitrogen and oxygen atoms in total. The molecule has 1 aliphatic heterocycles. The number of Topliss-reactive ketones (excluding diaryl/α,β-unsaturated/α-hetero) is 1. The SMILES string of the molecule is CC[C@@H](Cl)C[C@H](Cl)/C=C\[C@@H](Cl)[C@@H](O)[C@H](Cl)[C@@H](Cl)[C@H](Cl)C[C@@H]1OCO[C@@H]([C@H](O)c2nc(C(C)=O)cs2)[C@H]1C. The molecule has 1 fully saturated rings. The van der Waals surface area contributed by atoms with Gasteiger partial charge in [-0.25, -0.2) is 4.98 Å². The van der Waals surface area contributed by atoms with E-state index in [2.05, 4.69) is 4.98 Å². The second-order valence-corrected chi connectivity index (χ2v) is 13.2. The Morgan fingerprint density at radius 2 is 1.84 bits per heavy atom. The fourth-order valence-electron chi connectivity index (χ4n) is 3.85. The fourth-order valence-corrected chi connectivity index (χ4v) is 6.62. The summed E-state index contributed by atoms with van der Waals surface area (Å²) in [6, 6.07) is 0. The molecule has 0 amide bonds. The van der Waals surface area contributed by atoms with Crippen molar-refractivity contribution >= 4 is 86.7 Å². The van der Waals surface area contributed by atoms with Crippen molar-refractivity contribution in [3.63, 3.8) is 0 Å². The largest absolute Gasteiger partial charge is 0.390 e. The van der Waals surface area contributed by atoms with E-state index in [0.29, 0.717) is 17.1 Å². The van der Waals surface area contributed by atoms with Gasteiger partial charge in [0.15, 0.2) is 5.78 Å². The van der Waals surface area contributed by atoms with Crippen LogP contribution in [-0.4, -0.2) is 78.3 Å². The molecule has 2 heterocycles. The van der Waals surface area contributed by atoms with Gasteiger partial charge < -0.3 is 19.7 Å². The van der Waals surface area contributed by atoms with Gasteiger partial charge in [0, 0.05) is 23.6 Å². The van der Waals surface area contributed by atoms with E-state index in [-0.39, 0.29) is 35.7 Å². The summed E-state index contributed by atoms with van der Waals surface area (Å²) >= 11 is 39.5. The van der Waals surface area contributed by atoms with Gasteiger partial charge in [-0.3, -0.25) is 4.79 Å².